The molecule has 1 N–H and O–H groups in total. The van der Waals surface area contributed by atoms with Crippen LogP contribution in [0.5, 0.6) is 0 Å². The summed E-state index contributed by atoms with van der Waals surface area (Å²) in [7, 11) is 0. The lowest BCUT2D eigenvalue weighted by Crippen LogP contribution is -2.34. The molecule has 1 rings (SSSR count). The zero-order valence-corrected chi connectivity index (χ0v) is 11.4. The number of hydrogen-bond acceptors (Lipinski definition) is 3. The van der Waals surface area contributed by atoms with Crippen molar-refractivity contribution in [3.05, 3.63) is 29.6 Å². The van der Waals surface area contributed by atoms with Gasteiger partial charge in [-0.25, -0.2) is 8.78 Å². The van der Waals surface area contributed by atoms with Crippen molar-refractivity contribution in [2.45, 2.75) is 32.2 Å². The minimum absolute atomic E-state index is 0.124. The third-order valence-corrected chi connectivity index (χ3v) is 2.65. The number of ether oxygens (including phenoxy) is 1. The highest BCUT2D eigenvalue weighted by Crippen LogP contribution is 2.23. The minimum atomic E-state index is -4.12. The summed E-state index contributed by atoms with van der Waals surface area (Å²) in [4.78, 5) is 4.01. The quantitative estimate of drug-likeness (QED) is 0.749. The van der Waals surface area contributed by atoms with Crippen LogP contribution in [0.2, 0.25) is 0 Å². The Balaban J connectivity index is 2.60. The van der Waals surface area contributed by atoms with Crippen molar-refractivity contribution < 1.29 is 22.3 Å². The van der Waals surface area contributed by atoms with E-state index in [0.717, 1.165) is 11.1 Å². The van der Waals surface area contributed by atoms with Gasteiger partial charge in [0.15, 0.2) is 0 Å². The molecule has 3 nitrogen and oxygen atoms in total. The summed E-state index contributed by atoms with van der Waals surface area (Å²) < 4.78 is 54.2. The van der Waals surface area contributed by atoms with E-state index in [1.54, 1.807) is 12.4 Å². The SMILES string of the molecule is CCNC(COCC(F)(F)C(F)F)c1cncc(C)c1. The highest BCUT2D eigenvalue weighted by Gasteiger charge is 2.41. The Hall–Kier alpha value is -1.21. The van der Waals surface area contributed by atoms with E-state index in [4.69, 9.17) is 4.74 Å². The lowest BCUT2D eigenvalue weighted by atomic mass is 10.1. The van der Waals surface area contributed by atoms with E-state index in [0.29, 0.717) is 6.54 Å². The smallest absolute Gasteiger partial charge is 0.330 e. The maximum absolute atomic E-state index is 12.7. The molecule has 0 bridgehead atoms. The molecule has 0 fully saturated rings. The molecule has 1 aromatic heterocycles. The van der Waals surface area contributed by atoms with Gasteiger partial charge in [-0.05, 0) is 24.6 Å². The summed E-state index contributed by atoms with van der Waals surface area (Å²) in [5, 5.41) is 3.04. The summed E-state index contributed by atoms with van der Waals surface area (Å²) in [6, 6.07) is 1.48. The number of aryl methyl sites for hydroxylation is 1. The standard InChI is InChI=1S/C13H18F4N2O/c1-3-19-11(10-4-9(2)5-18-6-10)7-20-8-13(16,17)12(14)15/h4-6,11-12,19H,3,7-8H2,1-2H3. The van der Waals surface area contributed by atoms with E-state index in [-0.39, 0.29) is 12.6 Å². The number of aromatic nitrogens is 1. The van der Waals surface area contributed by atoms with Crippen LogP contribution >= 0.6 is 0 Å². The van der Waals surface area contributed by atoms with E-state index in [9.17, 15) is 17.6 Å². The molecule has 7 heteroatoms. The van der Waals surface area contributed by atoms with Crippen molar-refractivity contribution in [2.75, 3.05) is 19.8 Å². The van der Waals surface area contributed by atoms with Crippen molar-refractivity contribution in [1.29, 1.82) is 0 Å². The first-order chi connectivity index (χ1) is 9.36. The van der Waals surface area contributed by atoms with Gasteiger partial charge < -0.3 is 10.1 Å². The summed E-state index contributed by atoms with van der Waals surface area (Å²) in [5.41, 5.74) is 1.69. The van der Waals surface area contributed by atoms with Crippen LogP contribution in [0, 0.1) is 6.92 Å². The van der Waals surface area contributed by atoms with E-state index >= 15 is 0 Å². The summed E-state index contributed by atoms with van der Waals surface area (Å²) >= 11 is 0. The summed E-state index contributed by atoms with van der Waals surface area (Å²) in [6.45, 7) is 2.87. The van der Waals surface area contributed by atoms with Crippen molar-refractivity contribution in [3.8, 4) is 0 Å². The Morgan fingerprint density at radius 1 is 1.35 bits per heavy atom. The van der Waals surface area contributed by atoms with Gasteiger partial charge in [-0.15, -0.1) is 0 Å². The van der Waals surface area contributed by atoms with Crippen molar-refractivity contribution in [3.63, 3.8) is 0 Å². The third-order valence-electron chi connectivity index (χ3n) is 2.65. The van der Waals surface area contributed by atoms with Gasteiger partial charge >= 0.3 is 12.3 Å². The zero-order chi connectivity index (χ0) is 15.2. The molecule has 0 saturated heterocycles. The second kappa shape index (κ2) is 7.54. The molecule has 0 aliphatic carbocycles. The van der Waals surface area contributed by atoms with Crippen LogP contribution in [0.4, 0.5) is 17.6 Å². The largest absolute Gasteiger partial charge is 0.373 e. The van der Waals surface area contributed by atoms with Gasteiger partial charge in [0.1, 0.15) is 6.61 Å². The Labute approximate surface area is 115 Å². The van der Waals surface area contributed by atoms with Crippen LogP contribution in [0.3, 0.4) is 0 Å². The van der Waals surface area contributed by atoms with Crippen molar-refractivity contribution in [2.24, 2.45) is 0 Å². The highest BCUT2D eigenvalue weighted by atomic mass is 19.3. The fraction of sp³-hybridized carbons (Fsp3) is 0.615. The zero-order valence-electron chi connectivity index (χ0n) is 11.4. The van der Waals surface area contributed by atoms with Crippen LogP contribution in [0.25, 0.3) is 0 Å². The van der Waals surface area contributed by atoms with Gasteiger partial charge in [0.05, 0.1) is 12.6 Å². The Morgan fingerprint density at radius 3 is 2.60 bits per heavy atom. The molecule has 1 atom stereocenters. The van der Waals surface area contributed by atoms with Crippen LogP contribution in [0.1, 0.15) is 24.1 Å². The number of pyridine rings is 1. The first kappa shape index (κ1) is 16.8. The van der Waals surface area contributed by atoms with E-state index in [2.05, 4.69) is 10.3 Å². The molecule has 0 amide bonds. The molecule has 0 aromatic carbocycles. The fourth-order valence-corrected chi connectivity index (χ4v) is 1.66. The highest BCUT2D eigenvalue weighted by molar-refractivity contribution is 5.20. The van der Waals surface area contributed by atoms with Crippen LogP contribution in [0.15, 0.2) is 18.5 Å². The topological polar surface area (TPSA) is 34.1 Å². The predicted octanol–water partition coefficient (Wildman–Crippen LogP) is 2.96. The monoisotopic (exact) mass is 294 g/mol. The molecule has 1 heterocycles. The molecular weight excluding hydrogens is 276 g/mol. The molecule has 0 aliphatic heterocycles. The number of nitrogens with one attached hydrogen (secondary N) is 1. The van der Waals surface area contributed by atoms with Gasteiger partial charge in [-0.2, -0.15) is 8.78 Å². The summed E-state index contributed by atoms with van der Waals surface area (Å²) in [5.74, 6) is -4.12. The van der Waals surface area contributed by atoms with Gasteiger partial charge in [-0.3, -0.25) is 4.98 Å². The maximum Gasteiger partial charge on any atom is 0.330 e. The normalized spacial score (nSPS) is 13.8. The van der Waals surface area contributed by atoms with Gasteiger partial charge in [0.2, 0.25) is 0 Å². The molecule has 0 radical (unpaired) electrons. The van der Waals surface area contributed by atoms with Crippen LogP contribution in [-0.4, -0.2) is 37.1 Å². The molecule has 0 aliphatic rings. The molecule has 114 valence electrons. The Morgan fingerprint density at radius 2 is 2.05 bits per heavy atom. The molecule has 1 aromatic rings. The van der Waals surface area contributed by atoms with Crippen LogP contribution < -0.4 is 5.32 Å². The van der Waals surface area contributed by atoms with E-state index in [1.165, 1.54) is 0 Å². The first-order valence-corrected chi connectivity index (χ1v) is 6.25. The molecule has 0 saturated carbocycles. The first-order valence-electron chi connectivity index (χ1n) is 6.25. The lowest BCUT2D eigenvalue weighted by molar-refractivity contribution is -0.167. The fourth-order valence-electron chi connectivity index (χ4n) is 1.66. The number of nitrogens with zero attached hydrogens (tertiary/aromatic N) is 1. The number of rotatable bonds is 8. The van der Waals surface area contributed by atoms with E-state index < -0.39 is 19.0 Å². The number of halogens is 4. The predicted molar refractivity (Wildman–Crippen MR) is 67.2 cm³/mol. The van der Waals surface area contributed by atoms with Crippen molar-refractivity contribution in [1.82, 2.24) is 10.3 Å². The lowest BCUT2D eigenvalue weighted by Gasteiger charge is -2.21. The van der Waals surface area contributed by atoms with Gasteiger partial charge in [0, 0.05) is 12.4 Å². The minimum Gasteiger partial charge on any atom is -0.373 e. The van der Waals surface area contributed by atoms with Gasteiger partial charge in [0.25, 0.3) is 0 Å². The third kappa shape index (κ3) is 5.05. The average Bonchev–Trinajstić information content (AvgIpc) is 2.37. The number of likely N-dealkylation sites (N-methyl/N-ethyl adjacent to an activating group) is 1. The summed E-state index contributed by atoms with van der Waals surface area (Å²) in [6.07, 6.45) is -0.464. The second-order valence-electron chi connectivity index (χ2n) is 4.48. The Bertz CT molecular complexity index is 415. The molecular formula is C13H18F4N2O. The van der Waals surface area contributed by atoms with Crippen molar-refractivity contribution >= 4 is 0 Å². The van der Waals surface area contributed by atoms with Crippen LogP contribution in [-0.2, 0) is 4.74 Å². The molecule has 1 unspecified atom stereocenters. The van der Waals surface area contributed by atoms with Gasteiger partial charge in [-0.1, -0.05) is 13.0 Å². The maximum atomic E-state index is 12.7. The molecule has 20 heavy (non-hydrogen) atoms. The Kier molecular flexibility index (Phi) is 6.35. The number of hydrogen-bond donors (Lipinski definition) is 1. The average molecular weight is 294 g/mol. The number of alkyl halides is 4. The second-order valence-corrected chi connectivity index (χ2v) is 4.48. The molecule has 0 spiro atoms. The van der Waals surface area contributed by atoms with E-state index in [1.807, 2.05) is 19.9 Å².